The number of non-ortho nitro benzene ring substituents is 1. The first-order valence-corrected chi connectivity index (χ1v) is 12.9. The number of carbonyl (C=O) groups is 2. The summed E-state index contributed by atoms with van der Waals surface area (Å²) in [7, 11) is 1.63. The Kier molecular flexibility index (Phi) is 9.57. The monoisotopic (exact) mass is 528 g/mol. The molecule has 1 heterocycles. The number of thioether (sulfide) groups is 1. The number of hydrogen-bond donors (Lipinski definition) is 0. The second kappa shape index (κ2) is 12.6. The van der Waals surface area contributed by atoms with Gasteiger partial charge >= 0.3 is 12.1 Å². The van der Waals surface area contributed by atoms with E-state index in [2.05, 4.69) is 0 Å². The van der Waals surface area contributed by atoms with Crippen LogP contribution < -0.4 is 4.74 Å². The Bertz CT molecular complexity index is 1110. The minimum atomic E-state index is -0.614. The lowest BCUT2D eigenvalue weighted by molar-refractivity contribution is -0.384. The van der Waals surface area contributed by atoms with E-state index in [0.29, 0.717) is 18.5 Å². The van der Waals surface area contributed by atoms with Crippen LogP contribution in [0.3, 0.4) is 0 Å². The summed E-state index contributed by atoms with van der Waals surface area (Å²) in [4.78, 5) is 37.2. The third-order valence-corrected chi connectivity index (χ3v) is 6.87. The summed E-state index contributed by atoms with van der Waals surface area (Å²) in [6.07, 6.45) is 3.20. The molecule has 0 aliphatic carbocycles. The Morgan fingerprint density at radius 2 is 1.76 bits per heavy atom. The van der Waals surface area contributed by atoms with Crippen LogP contribution in [0.25, 0.3) is 0 Å². The van der Waals surface area contributed by atoms with Gasteiger partial charge in [-0.05, 0) is 62.6 Å². The highest BCUT2D eigenvalue weighted by molar-refractivity contribution is 7.99. The molecule has 1 saturated heterocycles. The molecule has 3 rings (SSSR count). The minimum absolute atomic E-state index is 0.0144. The fourth-order valence-corrected chi connectivity index (χ4v) is 4.96. The number of nitro groups is 1. The largest absolute Gasteiger partial charge is 0.497 e. The quantitative estimate of drug-likeness (QED) is 0.181. The molecule has 37 heavy (non-hydrogen) atoms. The van der Waals surface area contributed by atoms with Crippen LogP contribution >= 0.6 is 11.8 Å². The maximum Gasteiger partial charge on any atom is 0.410 e. The summed E-state index contributed by atoms with van der Waals surface area (Å²) in [5, 5.41) is 11.0. The first kappa shape index (κ1) is 28.0. The van der Waals surface area contributed by atoms with Crippen molar-refractivity contribution in [2.45, 2.75) is 56.4 Å². The maximum atomic E-state index is 13.0. The van der Waals surface area contributed by atoms with Crippen LogP contribution in [0.5, 0.6) is 5.75 Å². The van der Waals surface area contributed by atoms with Crippen LogP contribution in [0.15, 0.2) is 60.7 Å². The van der Waals surface area contributed by atoms with Gasteiger partial charge < -0.3 is 19.1 Å². The van der Waals surface area contributed by atoms with E-state index in [1.165, 1.54) is 18.2 Å². The van der Waals surface area contributed by atoms with Crippen molar-refractivity contribution in [1.82, 2.24) is 4.90 Å². The van der Waals surface area contributed by atoms with Crippen molar-refractivity contribution in [3.05, 3.63) is 81.9 Å². The van der Waals surface area contributed by atoms with Gasteiger partial charge in [-0.3, -0.25) is 10.1 Å². The standard InChI is InChI=1S/C27H32N2O7S/c1-27(2,3)36-25(30)14-11-22-15-24(37-18-20-7-12-23(34-4)13-8-20)16-28(22)26(31)35-17-19-5-9-21(10-6-19)29(32)33/h5-14,22,24H,15-18H2,1-4H3/b14-11+/t22-,24+/m1/s1. The van der Waals surface area contributed by atoms with Gasteiger partial charge in [-0.2, -0.15) is 11.8 Å². The van der Waals surface area contributed by atoms with Gasteiger partial charge in [0.25, 0.3) is 5.69 Å². The molecule has 0 aromatic heterocycles. The number of carbonyl (C=O) groups excluding carboxylic acids is 2. The molecule has 9 nitrogen and oxygen atoms in total. The van der Waals surface area contributed by atoms with Crippen LogP contribution in [-0.4, -0.2) is 52.4 Å². The lowest BCUT2D eigenvalue weighted by Gasteiger charge is -2.22. The summed E-state index contributed by atoms with van der Waals surface area (Å²) >= 11 is 1.73. The van der Waals surface area contributed by atoms with Crippen LogP contribution in [0.2, 0.25) is 0 Å². The smallest absolute Gasteiger partial charge is 0.410 e. The van der Waals surface area contributed by atoms with Crippen molar-refractivity contribution >= 4 is 29.5 Å². The van der Waals surface area contributed by atoms with E-state index in [1.807, 2.05) is 24.3 Å². The van der Waals surface area contributed by atoms with Gasteiger partial charge in [-0.25, -0.2) is 9.59 Å². The zero-order valence-electron chi connectivity index (χ0n) is 21.4. The first-order valence-electron chi connectivity index (χ1n) is 11.9. The lowest BCUT2D eigenvalue weighted by atomic mass is 10.2. The number of hydrogen-bond acceptors (Lipinski definition) is 8. The highest BCUT2D eigenvalue weighted by Crippen LogP contribution is 2.31. The summed E-state index contributed by atoms with van der Waals surface area (Å²) in [6.45, 7) is 5.83. The Labute approximate surface area is 220 Å². The molecule has 1 aliphatic heterocycles. The van der Waals surface area contributed by atoms with Gasteiger partial charge in [0.1, 0.15) is 18.0 Å². The topological polar surface area (TPSA) is 108 Å². The number of likely N-dealkylation sites (tertiary alicyclic amines) is 1. The van der Waals surface area contributed by atoms with Crippen molar-refractivity contribution < 1.29 is 28.7 Å². The number of nitro benzene ring substituents is 1. The Balaban J connectivity index is 1.64. The summed E-state index contributed by atoms with van der Waals surface area (Å²) in [5.41, 5.74) is 1.14. The molecule has 0 saturated carbocycles. The number of esters is 1. The summed E-state index contributed by atoms with van der Waals surface area (Å²) < 4.78 is 16.1. The first-order chi connectivity index (χ1) is 17.5. The van der Waals surface area contributed by atoms with Gasteiger partial charge in [0, 0.05) is 35.8 Å². The molecular formula is C27H32N2O7S. The highest BCUT2D eigenvalue weighted by atomic mass is 32.2. The molecule has 1 aliphatic rings. The summed E-state index contributed by atoms with van der Waals surface area (Å²) in [6, 6.07) is 13.4. The van der Waals surface area contributed by atoms with Crippen molar-refractivity contribution in [3.8, 4) is 5.75 Å². The van der Waals surface area contributed by atoms with Crippen molar-refractivity contribution in [2.75, 3.05) is 13.7 Å². The summed E-state index contributed by atoms with van der Waals surface area (Å²) in [5.74, 6) is 1.09. The van der Waals surface area contributed by atoms with E-state index in [9.17, 15) is 19.7 Å². The molecule has 1 fully saturated rings. The number of amides is 1. The van der Waals surface area contributed by atoms with Crippen LogP contribution in [0.4, 0.5) is 10.5 Å². The third-order valence-electron chi connectivity index (χ3n) is 5.56. The number of ether oxygens (including phenoxy) is 3. The Hall–Kier alpha value is -3.53. The van der Waals surface area contributed by atoms with E-state index in [-0.39, 0.29) is 23.6 Å². The van der Waals surface area contributed by atoms with Gasteiger partial charge in [-0.1, -0.05) is 18.2 Å². The minimum Gasteiger partial charge on any atom is -0.497 e. The molecule has 0 spiro atoms. The molecule has 10 heteroatoms. The van der Waals surface area contributed by atoms with E-state index in [4.69, 9.17) is 14.2 Å². The van der Waals surface area contributed by atoms with Crippen molar-refractivity contribution in [2.24, 2.45) is 0 Å². The fourth-order valence-electron chi connectivity index (χ4n) is 3.74. The van der Waals surface area contributed by atoms with E-state index >= 15 is 0 Å². The van der Waals surface area contributed by atoms with E-state index < -0.39 is 22.6 Å². The molecular weight excluding hydrogens is 496 g/mol. The van der Waals surface area contributed by atoms with Crippen LogP contribution in [0.1, 0.15) is 38.3 Å². The number of rotatable bonds is 9. The van der Waals surface area contributed by atoms with E-state index in [1.54, 1.807) is 62.8 Å². The Morgan fingerprint density at radius 3 is 2.35 bits per heavy atom. The third kappa shape index (κ3) is 8.82. The molecule has 0 N–H and O–H groups in total. The SMILES string of the molecule is COc1ccc(CS[C@H]2C[C@@H](/C=C/C(=O)OC(C)(C)C)N(C(=O)OCc3ccc([N+](=O)[O-])cc3)C2)cc1. The predicted octanol–water partition coefficient (Wildman–Crippen LogP) is 5.51. The zero-order chi connectivity index (χ0) is 27.0. The Morgan fingerprint density at radius 1 is 1.11 bits per heavy atom. The molecule has 2 aromatic carbocycles. The molecule has 1 amide bonds. The molecule has 0 unspecified atom stereocenters. The molecule has 0 radical (unpaired) electrons. The van der Waals surface area contributed by atoms with Crippen LogP contribution in [-0.2, 0) is 26.6 Å². The van der Waals surface area contributed by atoms with Crippen molar-refractivity contribution in [1.29, 1.82) is 0 Å². The molecule has 198 valence electrons. The average molecular weight is 529 g/mol. The fraction of sp³-hybridized carbons (Fsp3) is 0.407. The zero-order valence-corrected chi connectivity index (χ0v) is 22.2. The highest BCUT2D eigenvalue weighted by Gasteiger charge is 2.35. The molecule has 2 atom stereocenters. The molecule has 0 bridgehead atoms. The van der Waals surface area contributed by atoms with Gasteiger partial charge in [0.2, 0.25) is 0 Å². The lowest BCUT2D eigenvalue weighted by Crippen LogP contribution is -2.35. The van der Waals surface area contributed by atoms with E-state index in [0.717, 1.165) is 17.1 Å². The number of benzene rings is 2. The van der Waals surface area contributed by atoms with Crippen molar-refractivity contribution in [3.63, 3.8) is 0 Å². The van der Waals surface area contributed by atoms with Gasteiger partial charge in [0.05, 0.1) is 18.1 Å². The maximum absolute atomic E-state index is 13.0. The van der Waals surface area contributed by atoms with Gasteiger partial charge in [0.15, 0.2) is 0 Å². The number of methoxy groups -OCH3 is 1. The predicted molar refractivity (Wildman–Crippen MR) is 141 cm³/mol. The van der Waals surface area contributed by atoms with Crippen LogP contribution in [0, 0.1) is 10.1 Å². The average Bonchev–Trinajstić information content (AvgIpc) is 3.27. The second-order valence-electron chi connectivity index (χ2n) is 9.61. The molecule has 2 aromatic rings. The van der Waals surface area contributed by atoms with Gasteiger partial charge in [-0.15, -0.1) is 0 Å². The normalized spacial score (nSPS) is 17.6. The second-order valence-corrected chi connectivity index (χ2v) is 10.9. The number of nitrogens with zero attached hydrogens (tertiary/aromatic N) is 2.